The van der Waals surface area contributed by atoms with Gasteiger partial charge < -0.3 is 60.7 Å². The molecule has 4 rings (SSSR count). The van der Waals surface area contributed by atoms with Crippen LogP contribution in [0.15, 0.2) is 91.0 Å². The lowest BCUT2D eigenvalue weighted by molar-refractivity contribution is -0.145. The second-order valence-corrected chi connectivity index (χ2v) is 11.9. The number of nitrogens with one attached hydrogen (secondary N) is 3. The molecule has 0 unspecified atom stereocenters. The molecule has 1 atom stereocenters. The average Bonchev–Trinajstić information content (AvgIpc) is 3.18. The molecule has 0 aromatic heterocycles. The van der Waals surface area contributed by atoms with E-state index in [9.17, 15) is 33.9 Å². The Morgan fingerprint density at radius 1 is 0.603 bits per heavy atom. The van der Waals surface area contributed by atoms with Crippen molar-refractivity contribution in [2.24, 2.45) is 11.5 Å². The number of hydrogen-bond acceptors (Lipinski definition) is 13. The molecule has 0 saturated heterocycles. The molecule has 0 spiro atoms. The lowest BCUT2D eigenvalue weighted by atomic mass is 10.1. The van der Waals surface area contributed by atoms with Crippen molar-refractivity contribution in [2.45, 2.75) is 12.5 Å². The molecule has 0 radical (unpaired) electrons. The van der Waals surface area contributed by atoms with E-state index >= 15 is 0 Å². The number of esters is 2. The fourth-order valence-corrected chi connectivity index (χ4v) is 4.83. The molecule has 0 saturated carbocycles. The van der Waals surface area contributed by atoms with Crippen LogP contribution in [0.25, 0.3) is 0 Å². The normalized spacial score (nSPS) is 11.0. The summed E-state index contributed by atoms with van der Waals surface area (Å²) in [6.45, 7) is 0.511. The van der Waals surface area contributed by atoms with Crippen molar-refractivity contribution >= 4 is 47.3 Å². The maximum absolute atomic E-state index is 13.0. The zero-order valence-corrected chi connectivity index (χ0v) is 30.6. The molecule has 0 heterocycles. The van der Waals surface area contributed by atoms with Crippen LogP contribution in [0.3, 0.4) is 0 Å². The number of carbonyl (C=O) groups excluding carboxylic acids is 4. The SMILES string of the molecule is N=C(N)Nc1ccc(C(=O)Oc2cc(OCCOCCOCCOc3cc(OC(=O)c4ccccc4)cc(C(N)=O)c3)cc(C(=O)N[C@H](CC(=O)O)C(=O)O)c2)cc1. The Morgan fingerprint density at radius 2 is 1.09 bits per heavy atom. The maximum Gasteiger partial charge on any atom is 0.343 e. The molecular formula is C39H39N5O14. The minimum atomic E-state index is -1.75. The minimum Gasteiger partial charge on any atom is -0.491 e. The summed E-state index contributed by atoms with van der Waals surface area (Å²) in [5.74, 6) is -6.31. The van der Waals surface area contributed by atoms with Gasteiger partial charge in [0.25, 0.3) is 5.91 Å². The lowest BCUT2D eigenvalue weighted by Crippen LogP contribution is -2.42. The van der Waals surface area contributed by atoms with E-state index in [4.69, 9.17) is 50.4 Å². The van der Waals surface area contributed by atoms with E-state index in [2.05, 4.69) is 10.6 Å². The Hall–Kier alpha value is -7.51. The highest BCUT2D eigenvalue weighted by Crippen LogP contribution is 2.26. The van der Waals surface area contributed by atoms with Gasteiger partial charge in [-0.05, 0) is 60.7 Å². The summed E-state index contributed by atoms with van der Waals surface area (Å²) in [4.78, 5) is 72.8. The highest BCUT2D eigenvalue weighted by molar-refractivity contribution is 5.99. The first kappa shape index (κ1) is 43.2. The van der Waals surface area contributed by atoms with Gasteiger partial charge in [-0.15, -0.1) is 0 Å². The van der Waals surface area contributed by atoms with Crippen molar-refractivity contribution in [2.75, 3.05) is 45.0 Å². The van der Waals surface area contributed by atoms with Crippen LogP contribution in [-0.4, -0.2) is 97.5 Å². The number of ether oxygens (including phenoxy) is 6. The number of nitrogens with two attached hydrogens (primary N) is 2. The van der Waals surface area contributed by atoms with Gasteiger partial charge in [-0.3, -0.25) is 19.8 Å². The third-order valence-corrected chi connectivity index (χ3v) is 7.48. The number of hydrogen-bond donors (Lipinski definition) is 7. The van der Waals surface area contributed by atoms with Crippen LogP contribution in [0.2, 0.25) is 0 Å². The third kappa shape index (κ3) is 14.3. The molecular weight excluding hydrogens is 762 g/mol. The first-order valence-electron chi connectivity index (χ1n) is 17.2. The molecule has 19 heteroatoms. The number of anilines is 1. The Morgan fingerprint density at radius 3 is 1.59 bits per heavy atom. The standard InChI is InChI=1S/C39H39N5O14/c40-34(47)25-16-28(20-30(17-25)57-37(51)23-4-2-1-3-5-23)55-14-12-53-10-11-54-13-15-56-29-18-26(35(48)44-32(36(49)50)22-33(45)46)19-31(21-29)58-38(52)24-6-8-27(9-7-24)43-39(41)42/h1-9,16-21,32H,10-15,22H2,(H2,40,47)(H,44,48)(H,45,46)(H,49,50)(H4,41,42,43)/t32-/m1/s1. The fraction of sp³-hybridized carbons (Fsp3) is 0.205. The quantitative estimate of drug-likeness (QED) is 0.0198. The number of aliphatic carboxylic acids is 2. The van der Waals surface area contributed by atoms with Crippen molar-refractivity contribution in [3.05, 3.63) is 113 Å². The lowest BCUT2D eigenvalue weighted by Gasteiger charge is -2.15. The van der Waals surface area contributed by atoms with Gasteiger partial charge >= 0.3 is 23.9 Å². The van der Waals surface area contributed by atoms with E-state index < -0.39 is 48.2 Å². The van der Waals surface area contributed by atoms with Gasteiger partial charge in [0.1, 0.15) is 42.3 Å². The summed E-state index contributed by atoms with van der Waals surface area (Å²) in [7, 11) is 0. The maximum atomic E-state index is 13.0. The van der Waals surface area contributed by atoms with Crippen molar-refractivity contribution < 1.29 is 67.4 Å². The largest absolute Gasteiger partial charge is 0.491 e. The first-order valence-corrected chi connectivity index (χ1v) is 17.2. The monoisotopic (exact) mass is 801 g/mol. The summed E-state index contributed by atoms with van der Waals surface area (Å²) in [6, 6.07) is 20.2. The molecule has 19 nitrogen and oxygen atoms in total. The number of primary amides is 1. The number of benzene rings is 4. The summed E-state index contributed by atoms with van der Waals surface area (Å²) in [5, 5.41) is 30.4. The van der Waals surface area contributed by atoms with E-state index in [1.54, 1.807) is 30.3 Å². The number of carbonyl (C=O) groups is 6. The van der Waals surface area contributed by atoms with Gasteiger partial charge in [0, 0.05) is 28.9 Å². The van der Waals surface area contributed by atoms with Gasteiger partial charge in [-0.1, -0.05) is 18.2 Å². The number of amides is 2. The smallest absolute Gasteiger partial charge is 0.343 e. The summed E-state index contributed by atoms with van der Waals surface area (Å²) in [6.07, 6.45) is -0.887. The molecule has 0 aliphatic carbocycles. The van der Waals surface area contributed by atoms with E-state index in [0.717, 1.165) is 6.07 Å². The van der Waals surface area contributed by atoms with Gasteiger partial charge in [-0.25, -0.2) is 14.4 Å². The van der Waals surface area contributed by atoms with E-state index in [1.165, 1.54) is 54.6 Å². The van der Waals surface area contributed by atoms with Crippen LogP contribution in [0.4, 0.5) is 5.69 Å². The summed E-state index contributed by atoms with van der Waals surface area (Å²) < 4.78 is 33.2. The Kier molecular flexibility index (Phi) is 16.1. The van der Waals surface area contributed by atoms with Crippen molar-refractivity contribution in [1.29, 1.82) is 5.41 Å². The van der Waals surface area contributed by atoms with Gasteiger partial charge in [0.05, 0.1) is 44.0 Å². The van der Waals surface area contributed by atoms with Crippen LogP contribution in [0, 0.1) is 5.41 Å². The number of carboxylic acids is 2. The highest BCUT2D eigenvalue weighted by Gasteiger charge is 2.24. The number of carboxylic acid groups (broad SMARTS) is 2. The minimum absolute atomic E-state index is 0.0389. The fourth-order valence-electron chi connectivity index (χ4n) is 4.83. The van der Waals surface area contributed by atoms with Crippen LogP contribution in [-0.2, 0) is 19.1 Å². The van der Waals surface area contributed by atoms with Crippen LogP contribution in [0.1, 0.15) is 47.9 Å². The molecule has 0 fully saturated rings. The van der Waals surface area contributed by atoms with E-state index in [-0.39, 0.29) is 85.3 Å². The van der Waals surface area contributed by atoms with Crippen molar-refractivity contribution in [1.82, 2.24) is 5.32 Å². The van der Waals surface area contributed by atoms with Gasteiger partial charge in [0.2, 0.25) is 5.91 Å². The molecule has 0 aliphatic rings. The summed E-state index contributed by atoms with van der Waals surface area (Å²) in [5.41, 5.74) is 11.5. The molecule has 58 heavy (non-hydrogen) atoms. The predicted molar refractivity (Wildman–Crippen MR) is 204 cm³/mol. The zero-order valence-electron chi connectivity index (χ0n) is 30.6. The van der Waals surface area contributed by atoms with Crippen LogP contribution >= 0.6 is 0 Å². The Labute approximate surface area is 330 Å². The molecule has 0 bridgehead atoms. The molecule has 4 aromatic rings. The van der Waals surface area contributed by atoms with Crippen molar-refractivity contribution in [3.63, 3.8) is 0 Å². The van der Waals surface area contributed by atoms with Gasteiger partial charge in [-0.2, -0.15) is 0 Å². The Balaban J connectivity index is 1.27. The molecule has 0 aliphatic heterocycles. The molecule has 304 valence electrons. The molecule has 4 aromatic carbocycles. The highest BCUT2D eigenvalue weighted by atomic mass is 16.6. The third-order valence-electron chi connectivity index (χ3n) is 7.48. The number of rotatable bonds is 22. The van der Waals surface area contributed by atoms with Crippen molar-refractivity contribution in [3.8, 4) is 23.0 Å². The predicted octanol–water partition coefficient (Wildman–Crippen LogP) is 2.68. The average molecular weight is 802 g/mol. The Bertz CT molecular complexity index is 2110. The van der Waals surface area contributed by atoms with Crippen LogP contribution in [0.5, 0.6) is 23.0 Å². The second kappa shape index (κ2) is 21.5. The molecule has 9 N–H and O–H groups in total. The molecule has 2 amide bonds. The number of guanidine groups is 1. The second-order valence-electron chi connectivity index (χ2n) is 11.9. The van der Waals surface area contributed by atoms with E-state index in [1.807, 2.05) is 0 Å². The first-order chi connectivity index (χ1) is 27.8. The van der Waals surface area contributed by atoms with E-state index in [0.29, 0.717) is 11.3 Å². The topological polar surface area (TPSA) is 298 Å². The van der Waals surface area contributed by atoms with Crippen LogP contribution < -0.4 is 41.0 Å². The van der Waals surface area contributed by atoms with Gasteiger partial charge in [0.15, 0.2) is 5.96 Å². The summed E-state index contributed by atoms with van der Waals surface area (Å²) >= 11 is 0. The zero-order chi connectivity index (χ0) is 42.0.